The van der Waals surface area contributed by atoms with Crippen LogP contribution in [0, 0.1) is 0 Å². The summed E-state index contributed by atoms with van der Waals surface area (Å²) in [6.07, 6.45) is 4.57. The van der Waals surface area contributed by atoms with E-state index in [2.05, 4.69) is 31.3 Å². The lowest BCUT2D eigenvalue weighted by molar-refractivity contribution is -0.134. The third-order valence-electron chi connectivity index (χ3n) is 5.99. The van der Waals surface area contributed by atoms with Crippen LogP contribution in [0.25, 0.3) is 0 Å². The summed E-state index contributed by atoms with van der Waals surface area (Å²) < 4.78 is 0. The number of hydrogen-bond donors (Lipinski definition) is 1. The van der Waals surface area contributed by atoms with Crippen molar-refractivity contribution in [2.45, 2.75) is 70.4 Å². The van der Waals surface area contributed by atoms with E-state index in [4.69, 9.17) is 0 Å². The van der Waals surface area contributed by atoms with Gasteiger partial charge < -0.3 is 10.2 Å². The molecule has 2 aliphatic rings. The third kappa shape index (κ3) is 4.21. The van der Waals surface area contributed by atoms with Crippen LogP contribution in [0.5, 0.6) is 0 Å². The normalized spacial score (nSPS) is 18.6. The number of hydrogen-bond acceptors (Lipinski definition) is 3. The first kappa shape index (κ1) is 20.4. The molecule has 1 spiro atoms. The molecule has 152 valence electrons. The largest absolute Gasteiger partial charge is 0.341 e. The lowest BCUT2D eigenvalue weighted by Crippen LogP contribution is -2.48. The van der Waals surface area contributed by atoms with Crippen molar-refractivity contribution in [3.63, 3.8) is 0 Å². The number of imide groups is 1. The predicted octanol–water partition coefficient (Wildman–Crippen LogP) is 3.41. The van der Waals surface area contributed by atoms with Crippen LogP contribution in [0.15, 0.2) is 24.3 Å². The number of rotatable bonds is 6. The number of urea groups is 1. The van der Waals surface area contributed by atoms with Gasteiger partial charge in [0, 0.05) is 26.6 Å². The molecule has 3 rings (SSSR count). The molecule has 1 heterocycles. The number of carbonyl (C=O) groups is 3. The highest BCUT2D eigenvalue weighted by Crippen LogP contribution is 2.33. The summed E-state index contributed by atoms with van der Waals surface area (Å²) in [4.78, 5) is 40.5. The lowest BCUT2D eigenvalue weighted by atomic mass is 9.82. The van der Waals surface area contributed by atoms with E-state index < -0.39 is 5.54 Å². The highest BCUT2D eigenvalue weighted by atomic mass is 16.2. The van der Waals surface area contributed by atoms with Gasteiger partial charge in [-0.05, 0) is 29.9 Å². The molecule has 2 fully saturated rings. The van der Waals surface area contributed by atoms with Crippen molar-refractivity contribution in [3.05, 3.63) is 35.4 Å². The minimum absolute atomic E-state index is 0.0712. The summed E-state index contributed by atoms with van der Waals surface area (Å²) in [5.41, 5.74) is 1.62. The van der Waals surface area contributed by atoms with Gasteiger partial charge in [0.2, 0.25) is 5.91 Å². The van der Waals surface area contributed by atoms with Crippen LogP contribution in [0.4, 0.5) is 4.79 Å². The highest BCUT2D eigenvalue weighted by Gasteiger charge is 2.51. The molecule has 0 aromatic heterocycles. The van der Waals surface area contributed by atoms with Gasteiger partial charge >= 0.3 is 6.03 Å². The molecule has 6 heteroatoms. The van der Waals surface area contributed by atoms with Crippen molar-refractivity contribution < 1.29 is 14.4 Å². The van der Waals surface area contributed by atoms with Gasteiger partial charge in [-0.3, -0.25) is 14.5 Å². The molecule has 1 N–H and O–H groups in total. The fraction of sp³-hybridized carbons (Fsp3) is 0.591. The molecular formula is C22H31N3O3. The lowest BCUT2D eigenvalue weighted by Gasteiger charge is -2.30. The highest BCUT2D eigenvalue weighted by molar-refractivity contribution is 6.07. The number of nitrogens with one attached hydrogen (secondary N) is 1. The number of nitrogens with zero attached hydrogens (tertiary/aromatic N) is 2. The van der Waals surface area contributed by atoms with Gasteiger partial charge in [-0.25, -0.2) is 4.79 Å². The molecule has 0 unspecified atom stereocenters. The Balaban J connectivity index is 1.53. The van der Waals surface area contributed by atoms with Crippen molar-refractivity contribution >= 4 is 17.8 Å². The van der Waals surface area contributed by atoms with E-state index in [0.29, 0.717) is 25.3 Å². The Morgan fingerprint density at radius 2 is 1.79 bits per heavy atom. The monoisotopic (exact) mass is 385 g/mol. The molecule has 6 nitrogen and oxygen atoms in total. The molecule has 1 aliphatic carbocycles. The summed E-state index contributed by atoms with van der Waals surface area (Å²) in [6.45, 7) is 4.96. The standard InChI is InChI=1S/C22H31N3O3/c1-16(2)18-9-7-17(8-10-18)15-24(3)19(26)11-14-25-20(27)22(23-21(25)28)12-5-4-6-13-22/h7-10,16H,4-6,11-15H2,1-3H3,(H,23,28). The summed E-state index contributed by atoms with van der Waals surface area (Å²) in [6, 6.07) is 7.92. The van der Waals surface area contributed by atoms with Crippen molar-refractivity contribution in [3.8, 4) is 0 Å². The van der Waals surface area contributed by atoms with Crippen LogP contribution in [-0.4, -0.2) is 46.8 Å². The number of benzene rings is 1. The molecule has 1 aromatic carbocycles. The van der Waals surface area contributed by atoms with E-state index in [9.17, 15) is 14.4 Å². The maximum Gasteiger partial charge on any atom is 0.325 e. The first-order valence-corrected chi connectivity index (χ1v) is 10.3. The molecular weight excluding hydrogens is 354 g/mol. The number of carbonyl (C=O) groups excluding carboxylic acids is 3. The molecule has 1 saturated heterocycles. The molecule has 1 saturated carbocycles. The quantitative estimate of drug-likeness (QED) is 0.763. The van der Waals surface area contributed by atoms with E-state index in [1.165, 1.54) is 10.5 Å². The number of amides is 4. The Morgan fingerprint density at radius 1 is 1.14 bits per heavy atom. The fourth-order valence-electron chi connectivity index (χ4n) is 4.14. The van der Waals surface area contributed by atoms with Gasteiger partial charge in [-0.1, -0.05) is 57.4 Å². The molecule has 4 amide bonds. The van der Waals surface area contributed by atoms with Crippen molar-refractivity contribution in [2.24, 2.45) is 0 Å². The second kappa shape index (κ2) is 8.33. The van der Waals surface area contributed by atoms with Gasteiger partial charge in [0.25, 0.3) is 5.91 Å². The zero-order valence-electron chi connectivity index (χ0n) is 17.2. The average Bonchev–Trinajstić information content (AvgIpc) is 2.90. The van der Waals surface area contributed by atoms with Crippen LogP contribution in [0.1, 0.15) is 69.4 Å². The molecule has 28 heavy (non-hydrogen) atoms. The second-order valence-corrected chi connectivity index (χ2v) is 8.43. The minimum Gasteiger partial charge on any atom is -0.341 e. The first-order chi connectivity index (χ1) is 13.3. The maximum absolute atomic E-state index is 12.8. The Morgan fingerprint density at radius 3 is 2.39 bits per heavy atom. The van der Waals surface area contributed by atoms with Gasteiger partial charge in [0.15, 0.2) is 0 Å². The second-order valence-electron chi connectivity index (χ2n) is 8.43. The Labute approximate surface area is 167 Å². The molecule has 1 aliphatic heterocycles. The molecule has 0 radical (unpaired) electrons. The summed E-state index contributed by atoms with van der Waals surface area (Å²) >= 11 is 0. The zero-order chi connectivity index (χ0) is 20.3. The third-order valence-corrected chi connectivity index (χ3v) is 5.99. The van der Waals surface area contributed by atoms with Gasteiger partial charge in [-0.2, -0.15) is 0 Å². The zero-order valence-corrected chi connectivity index (χ0v) is 17.2. The summed E-state index contributed by atoms with van der Waals surface area (Å²) in [5.74, 6) is 0.250. The van der Waals surface area contributed by atoms with Crippen LogP contribution in [-0.2, 0) is 16.1 Å². The van der Waals surface area contributed by atoms with Crippen LogP contribution < -0.4 is 5.32 Å². The van der Waals surface area contributed by atoms with E-state index >= 15 is 0 Å². The van der Waals surface area contributed by atoms with E-state index in [-0.39, 0.29) is 30.8 Å². The van der Waals surface area contributed by atoms with E-state index in [1.807, 2.05) is 12.1 Å². The predicted molar refractivity (Wildman–Crippen MR) is 108 cm³/mol. The van der Waals surface area contributed by atoms with Crippen molar-refractivity contribution in [1.82, 2.24) is 15.1 Å². The van der Waals surface area contributed by atoms with Crippen LogP contribution in [0.3, 0.4) is 0 Å². The smallest absolute Gasteiger partial charge is 0.325 e. The first-order valence-electron chi connectivity index (χ1n) is 10.3. The SMILES string of the molecule is CC(C)c1ccc(CN(C)C(=O)CCN2C(=O)NC3(CCCCC3)C2=O)cc1. The summed E-state index contributed by atoms with van der Waals surface area (Å²) in [5, 5.41) is 2.89. The molecule has 1 aromatic rings. The van der Waals surface area contributed by atoms with E-state index in [0.717, 1.165) is 24.8 Å². The topological polar surface area (TPSA) is 69.7 Å². The summed E-state index contributed by atoms with van der Waals surface area (Å²) in [7, 11) is 1.76. The van der Waals surface area contributed by atoms with Gasteiger partial charge in [-0.15, -0.1) is 0 Å². The fourth-order valence-corrected chi connectivity index (χ4v) is 4.14. The van der Waals surface area contributed by atoms with E-state index in [1.54, 1.807) is 11.9 Å². The van der Waals surface area contributed by atoms with Crippen LogP contribution >= 0.6 is 0 Å². The van der Waals surface area contributed by atoms with Gasteiger partial charge in [0.1, 0.15) is 5.54 Å². The Hall–Kier alpha value is -2.37. The molecule has 0 bridgehead atoms. The van der Waals surface area contributed by atoms with Crippen LogP contribution in [0.2, 0.25) is 0 Å². The Kier molecular flexibility index (Phi) is 6.06. The average molecular weight is 386 g/mol. The minimum atomic E-state index is -0.720. The maximum atomic E-state index is 12.8. The van der Waals surface area contributed by atoms with Crippen molar-refractivity contribution in [2.75, 3.05) is 13.6 Å². The van der Waals surface area contributed by atoms with Gasteiger partial charge in [0.05, 0.1) is 0 Å². The molecule has 0 atom stereocenters. The Bertz CT molecular complexity index is 736. The van der Waals surface area contributed by atoms with Crippen molar-refractivity contribution in [1.29, 1.82) is 0 Å².